The molecule has 2 heteroatoms. The normalized spacial score (nSPS) is 11.5. The quantitative estimate of drug-likeness (QED) is 0.279. The first-order valence-corrected chi connectivity index (χ1v) is 11.4. The maximum Gasteiger partial charge on any atom is 0.0568 e. The number of hydrogen-bond acceptors (Lipinski definition) is 1. The zero-order chi connectivity index (χ0) is 22.5. The van der Waals surface area contributed by atoms with Gasteiger partial charge in [0.05, 0.1) is 5.52 Å². The van der Waals surface area contributed by atoms with E-state index in [9.17, 15) is 0 Å². The first kappa shape index (κ1) is 19.6. The molecule has 0 aliphatic carbocycles. The van der Waals surface area contributed by atoms with Gasteiger partial charge in [-0.2, -0.15) is 0 Å². The predicted molar refractivity (Wildman–Crippen MR) is 143 cm³/mol. The first-order valence-electron chi connectivity index (χ1n) is 11.4. The molecule has 0 aliphatic heterocycles. The third-order valence-electron chi connectivity index (χ3n) is 6.78. The van der Waals surface area contributed by atoms with Gasteiger partial charge in [-0.1, -0.05) is 78.9 Å². The minimum Gasteiger partial charge on any atom is -0.378 e. The van der Waals surface area contributed by atoms with E-state index in [4.69, 9.17) is 0 Å². The molecule has 160 valence electrons. The highest BCUT2D eigenvalue weighted by Gasteiger charge is 2.12. The monoisotopic (exact) mass is 426 g/mol. The number of aryl methyl sites for hydroxylation is 1. The highest BCUT2D eigenvalue weighted by molar-refractivity contribution is 6.18. The zero-order valence-electron chi connectivity index (χ0n) is 19.2. The molecular formula is C31H26N2. The molecule has 0 atom stereocenters. The molecular weight excluding hydrogens is 400 g/mol. The van der Waals surface area contributed by atoms with Crippen molar-refractivity contribution >= 4 is 38.3 Å². The fourth-order valence-electron chi connectivity index (χ4n) is 5.01. The van der Waals surface area contributed by atoms with E-state index in [0.29, 0.717) is 0 Å². The standard InChI is InChI=1S/C31H26N2/c1-32(2)26-12-7-11-24(19-26)22-9-6-10-23(18-22)25-15-16-28-29-17-14-21-8-4-5-13-27(21)31(29)33(3)30(28)20-25/h4-20H,1-3H3. The van der Waals surface area contributed by atoms with Crippen molar-refractivity contribution in [3.8, 4) is 22.3 Å². The summed E-state index contributed by atoms with van der Waals surface area (Å²) in [4.78, 5) is 2.14. The Kier molecular flexibility index (Phi) is 4.48. The minimum absolute atomic E-state index is 1.21. The molecule has 0 spiro atoms. The summed E-state index contributed by atoms with van der Waals surface area (Å²) in [7, 11) is 6.35. The molecule has 0 saturated heterocycles. The molecule has 0 unspecified atom stereocenters. The number of nitrogens with zero attached hydrogens (tertiary/aromatic N) is 2. The second kappa shape index (κ2) is 7.53. The van der Waals surface area contributed by atoms with Crippen LogP contribution in [-0.4, -0.2) is 18.7 Å². The lowest BCUT2D eigenvalue weighted by Crippen LogP contribution is -2.08. The van der Waals surface area contributed by atoms with E-state index in [-0.39, 0.29) is 0 Å². The van der Waals surface area contributed by atoms with Crippen LogP contribution in [0.15, 0.2) is 103 Å². The molecule has 33 heavy (non-hydrogen) atoms. The smallest absolute Gasteiger partial charge is 0.0568 e. The van der Waals surface area contributed by atoms with E-state index in [1.54, 1.807) is 0 Å². The van der Waals surface area contributed by atoms with Gasteiger partial charge in [0.2, 0.25) is 0 Å². The summed E-state index contributed by atoms with van der Waals surface area (Å²) in [5.41, 5.74) is 8.72. The van der Waals surface area contributed by atoms with Crippen molar-refractivity contribution in [2.75, 3.05) is 19.0 Å². The SMILES string of the molecule is CN(C)c1cccc(-c2cccc(-c3ccc4c5ccc6ccccc6c5n(C)c4c3)c2)c1. The van der Waals surface area contributed by atoms with Crippen LogP contribution in [0.2, 0.25) is 0 Å². The van der Waals surface area contributed by atoms with Crippen LogP contribution in [0.4, 0.5) is 5.69 Å². The van der Waals surface area contributed by atoms with Crippen molar-refractivity contribution in [1.29, 1.82) is 0 Å². The van der Waals surface area contributed by atoms with Crippen molar-refractivity contribution in [2.45, 2.75) is 0 Å². The topological polar surface area (TPSA) is 8.17 Å². The van der Waals surface area contributed by atoms with Crippen molar-refractivity contribution in [2.24, 2.45) is 7.05 Å². The average Bonchev–Trinajstić information content (AvgIpc) is 3.16. The van der Waals surface area contributed by atoms with Crippen LogP contribution in [0, 0.1) is 0 Å². The fourth-order valence-corrected chi connectivity index (χ4v) is 5.01. The molecule has 6 rings (SSSR count). The number of fused-ring (bicyclic) bond motifs is 5. The Hall–Kier alpha value is -4.04. The van der Waals surface area contributed by atoms with E-state index >= 15 is 0 Å². The highest BCUT2D eigenvalue weighted by atomic mass is 15.1. The van der Waals surface area contributed by atoms with Crippen LogP contribution in [0.3, 0.4) is 0 Å². The van der Waals surface area contributed by atoms with E-state index < -0.39 is 0 Å². The largest absolute Gasteiger partial charge is 0.378 e. The molecule has 0 amide bonds. The van der Waals surface area contributed by atoms with E-state index in [1.165, 1.54) is 60.5 Å². The van der Waals surface area contributed by atoms with Crippen LogP contribution >= 0.6 is 0 Å². The molecule has 0 aliphatic rings. The van der Waals surface area contributed by atoms with E-state index in [1.807, 2.05) is 0 Å². The van der Waals surface area contributed by atoms with E-state index in [0.717, 1.165) is 0 Å². The third kappa shape index (κ3) is 3.18. The number of aromatic nitrogens is 1. The van der Waals surface area contributed by atoms with Crippen molar-refractivity contribution in [3.05, 3.63) is 103 Å². The van der Waals surface area contributed by atoms with Gasteiger partial charge in [0.15, 0.2) is 0 Å². The van der Waals surface area contributed by atoms with Gasteiger partial charge in [-0.05, 0) is 51.9 Å². The Morgan fingerprint density at radius 3 is 2.00 bits per heavy atom. The lowest BCUT2D eigenvalue weighted by Gasteiger charge is -2.14. The minimum atomic E-state index is 1.21. The molecule has 2 nitrogen and oxygen atoms in total. The molecule has 0 radical (unpaired) electrons. The molecule has 0 bridgehead atoms. The predicted octanol–water partition coefficient (Wildman–Crippen LogP) is 7.88. The summed E-state index contributed by atoms with van der Waals surface area (Å²) >= 11 is 0. The van der Waals surface area contributed by atoms with Crippen LogP contribution in [0.1, 0.15) is 0 Å². The van der Waals surface area contributed by atoms with Crippen LogP contribution in [-0.2, 0) is 7.05 Å². The average molecular weight is 427 g/mol. The second-order valence-corrected chi connectivity index (χ2v) is 9.00. The Morgan fingerprint density at radius 1 is 0.545 bits per heavy atom. The van der Waals surface area contributed by atoms with Gasteiger partial charge in [0.1, 0.15) is 0 Å². The Bertz CT molecular complexity index is 1650. The van der Waals surface area contributed by atoms with Gasteiger partial charge >= 0.3 is 0 Å². The van der Waals surface area contributed by atoms with Crippen molar-refractivity contribution < 1.29 is 0 Å². The van der Waals surface area contributed by atoms with Gasteiger partial charge in [0, 0.05) is 48.5 Å². The molecule has 5 aromatic carbocycles. The van der Waals surface area contributed by atoms with Crippen molar-refractivity contribution in [1.82, 2.24) is 4.57 Å². The van der Waals surface area contributed by atoms with Gasteiger partial charge in [-0.25, -0.2) is 0 Å². The van der Waals surface area contributed by atoms with Crippen LogP contribution < -0.4 is 4.90 Å². The maximum absolute atomic E-state index is 2.35. The zero-order valence-corrected chi connectivity index (χ0v) is 19.2. The van der Waals surface area contributed by atoms with Crippen LogP contribution in [0.5, 0.6) is 0 Å². The summed E-state index contributed by atoms with van der Waals surface area (Å²) in [6, 6.07) is 37.6. The van der Waals surface area contributed by atoms with Gasteiger partial charge in [-0.3, -0.25) is 0 Å². The lowest BCUT2D eigenvalue weighted by molar-refractivity contribution is 1.02. The highest BCUT2D eigenvalue weighted by Crippen LogP contribution is 2.36. The second-order valence-electron chi connectivity index (χ2n) is 9.00. The Balaban J connectivity index is 1.51. The number of rotatable bonds is 3. The maximum atomic E-state index is 2.35. The fraction of sp³-hybridized carbons (Fsp3) is 0.0968. The summed E-state index contributed by atoms with van der Waals surface area (Å²) in [5, 5.41) is 5.20. The van der Waals surface area contributed by atoms with Gasteiger partial charge in [-0.15, -0.1) is 0 Å². The molecule has 1 heterocycles. The van der Waals surface area contributed by atoms with Crippen molar-refractivity contribution in [3.63, 3.8) is 0 Å². The summed E-state index contributed by atoms with van der Waals surface area (Å²) < 4.78 is 2.35. The summed E-state index contributed by atoms with van der Waals surface area (Å²) in [5.74, 6) is 0. The number of hydrogen-bond donors (Lipinski definition) is 0. The van der Waals surface area contributed by atoms with Gasteiger partial charge in [0.25, 0.3) is 0 Å². The summed E-state index contributed by atoms with van der Waals surface area (Å²) in [6.45, 7) is 0. The third-order valence-corrected chi connectivity index (χ3v) is 6.78. The van der Waals surface area contributed by atoms with Crippen LogP contribution in [0.25, 0.3) is 54.8 Å². The summed E-state index contributed by atoms with van der Waals surface area (Å²) in [6.07, 6.45) is 0. The molecule has 0 fully saturated rings. The Morgan fingerprint density at radius 2 is 1.21 bits per heavy atom. The molecule has 6 aromatic rings. The molecule has 0 saturated carbocycles. The first-order chi connectivity index (χ1) is 16.1. The molecule has 1 aromatic heterocycles. The van der Waals surface area contributed by atoms with Gasteiger partial charge < -0.3 is 9.47 Å². The number of benzene rings is 5. The Labute approximate surface area is 194 Å². The lowest BCUT2D eigenvalue weighted by atomic mass is 9.98. The van der Waals surface area contributed by atoms with E-state index in [2.05, 4.69) is 134 Å². The number of anilines is 1. The molecule has 0 N–H and O–H groups in total.